The molecule has 1 fully saturated rings. The highest BCUT2D eigenvalue weighted by Gasteiger charge is 2.14. The van der Waals surface area contributed by atoms with Crippen molar-refractivity contribution in [1.29, 1.82) is 0 Å². The summed E-state index contributed by atoms with van der Waals surface area (Å²) in [6, 6.07) is 7.92. The number of nitrogens with one attached hydrogen (secondary N) is 2. The lowest BCUT2D eigenvalue weighted by atomic mass is 9.97. The fourth-order valence-corrected chi connectivity index (χ4v) is 2.34. The second-order valence-electron chi connectivity index (χ2n) is 7.21. The Morgan fingerprint density at radius 3 is 2.23 bits per heavy atom. The number of amides is 2. The first kappa shape index (κ1) is 16.6. The Kier molecular flexibility index (Phi) is 5.29. The molecule has 0 aromatic heterocycles. The van der Waals surface area contributed by atoms with E-state index in [9.17, 15) is 4.79 Å². The Labute approximate surface area is 133 Å². The number of likely N-dealkylation sites (N-methyl/N-ethyl adjacent to an activating group) is 1. The Balaban J connectivity index is 1.85. The Morgan fingerprint density at radius 2 is 1.68 bits per heavy atom. The first-order chi connectivity index (χ1) is 10.3. The normalized spacial score (nSPS) is 16.5. The van der Waals surface area contributed by atoms with E-state index in [0.29, 0.717) is 6.54 Å². The predicted octanol–water partition coefficient (Wildman–Crippen LogP) is 2.61. The van der Waals surface area contributed by atoms with E-state index in [1.807, 2.05) is 12.1 Å². The molecule has 1 aliphatic rings. The predicted molar refractivity (Wildman–Crippen MR) is 92.6 cm³/mol. The van der Waals surface area contributed by atoms with Crippen LogP contribution in [0, 0.1) is 5.41 Å². The van der Waals surface area contributed by atoms with Gasteiger partial charge in [-0.25, -0.2) is 4.79 Å². The summed E-state index contributed by atoms with van der Waals surface area (Å²) in [5, 5.41) is 5.76. The molecule has 2 rings (SSSR count). The standard InChI is InChI=1S/C17H28N4O/c1-17(2,3)13-18-16(22)19-14-5-7-15(8-6-14)21-11-9-20(4)10-12-21/h5-8H,9-13H2,1-4H3,(H2,18,19,22). The Bertz CT molecular complexity index is 484. The van der Waals surface area contributed by atoms with Gasteiger partial charge in [0.2, 0.25) is 0 Å². The largest absolute Gasteiger partial charge is 0.369 e. The topological polar surface area (TPSA) is 47.6 Å². The molecule has 0 unspecified atom stereocenters. The van der Waals surface area contributed by atoms with Crippen LogP contribution in [0.25, 0.3) is 0 Å². The van der Waals surface area contributed by atoms with Crippen LogP contribution in [-0.2, 0) is 0 Å². The van der Waals surface area contributed by atoms with Crippen molar-refractivity contribution in [2.75, 3.05) is 50.0 Å². The fraction of sp³-hybridized carbons (Fsp3) is 0.588. The zero-order chi connectivity index (χ0) is 16.2. The van der Waals surface area contributed by atoms with Crippen LogP contribution < -0.4 is 15.5 Å². The maximum absolute atomic E-state index is 11.8. The average Bonchev–Trinajstić information content (AvgIpc) is 2.46. The number of hydrogen-bond donors (Lipinski definition) is 2. The summed E-state index contributed by atoms with van der Waals surface area (Å²) in [5.74, 6) is 0. The first-order valence-corrected chi connectivity index (χ1v) is 7.92. The zero-order valence-corrected chi connectivity index (χ0v) is 14.1. The van der Waals surface area contributed by atoms with Gasteiger partial charge in [-0.15, -0.1) is 0 Å². The minimum Gasteiger partial charge on any atom is -0.369 e. The summed E-state index contributed by atoms with van der Waals surface area (Å²) < 4.78 is 0. The molecule has 5 heteroatoms. The molecule has 5 nitrogen and oxygen atoms in total. The number of urea groups is 1. The average molecular weight is 304 g/mol. The van der Waals surface area contributed by atoms with Crippen molar-refractivity contribution in [3.05, 3.63) is 24.3 Å². The number of benzene rings is 1. The minimum absolute atomic E-state index is 0.0859. The lowest BCUT2D eigenvalue weighted by Crippen LogP contribution is -2.44. The van der Waals surface area contributed by atoms with Crippen molar-refractivity contribution < 1.29 is 4.79 Å². The number of hydrogen-bond acceptors (Lipinski definition) is 3. The van der Waals surface area contributed by atoms with Crippen LogP contribution in [0.2, 0.25) is 0 Å². The van der Waals surface area contributed by atoms with E-state index in [1.165, 1.54) is 5.69 Å². The highest BCUT2D eigenvalue weighted by Crippen LogP contribution is 2.19. The molecule has 0 aliphatic carbocycles. The molecule has 1 aromatic carbocycles. The van der Waals surface area contributed by atoms with Crippen molar-refractivity contribution in [2.45, 2.75) is 20.8 Å². The molecule has 0 radical (unpaired) electrons. The highest BCUT2D eigenvalue weighted by atomic mass is 16.2. The molecular weight excluding hydrogens is 276 g/mol. The summed E-state index contributed by atoms with van der Waals surface area (Å²) in [7, 11) is 2.15. The molecule has 2 N–H and O–H groups in total. The first-order valence-electron chi connectivity index (χ1n) is 7.92. The molecular formula is C17H28N4O. The fourth-order valence-electron chi connectivity index (χ4n) is 2.34. The van der Waals surface area contributed by atoms with E-state index in [1.54, 1.807) is 0 Å². The molecule has 1 heterocycles. The van der Waals surface area contributed by atoms with Crippen LogP contribution in [0.15, 0.2) is 24.3 Å². The van der Waals surface area contributed by atoms with E-state index >= 15 is 0 Å². The van der Waals surface area contributed by atoms with E-state index in [4.69, 9.17) is 0 Å². The van der Waals surface area contributed by atoms with Gasteiger partial charge in [0.25, 0.3) is 0 Å². The molecule has 0 spiro atoms. The molecule has 1 aromatic rings. The highest BCUT2D eigenvalue weighted by molar-refractivity contribution is 5.89. The molecule has 1 aliphatic heterocycles. The quantitative estimate of drug-likeness (QED) is 0.902. The monoisotopic (exact) mass is 304 g/mol. The van der Waals surface area contributed by atoms with Gasteiger partial charge in [-0.2, -0.15) is 0 Å². The van der Waals surface area contributed by atoms with Crippen molar-refractivity contribution in [1.82, 2.24) is 10.2 Å². The van der Waals surface area contributed by atoms with Crippen LogP contribution in [0.1, 0.15) is 20.8 Å². The van der Waals surface area contributed by atoms with Crippen molar-refractivity contribution in [3.8, 4) is 0 Å². The minimum atomic E-state index is -0.151. The third kappa shape index (κ3) is 5.22. The number of nitrogens with zero attached hydrogens (tertiary/aromatic N) is 2. The van der Waals surface area contributed by atoms with Gasteiger partial charge in [-0.05, 0) is 36.7 Å². The molecule has 0 saturated carbocycles. The van der Waals surface area contributed by atoms with Crippen LogP contribution in [0.4, 0.5) is 16.2 Å². The second-order valence-corrected chi connectivity index (χ2v) is 7.21. The number of carbonyl (C=O) groups excluding carboxylic acids is 1. The Hall–Kier alpha value is -1.75. The second kappa shape index (κ2) is 7.01. The third-order valence-electron chi connectivity index (χ3n) is 3.77. The number of carbonyl (C=O) groups is 1. The molecule has 22 heavy (non-hydrogen) atoms. The van der Waals surface area contributed by atoms with Crippen LogP contribution in [0.3, 0.4) is 0 Å². The summed E-state index contributed by atoms with van der Waals surface area (Å²) in [4.78, 5) is 16.6. The van der Waals surface area contributed by atoms with Gasteiger partial charge < -0.3 is 20.4 Å². The Morgan fingerprint density at radius 1 is 1.09 bits per heavy atom. The van der Waals surface area contributed by atoms with Crippen LogP contribution in [-0.4, -0.2) is 50.7 Å². The number of anilines is 2. The van der Waals surface area contributed by atoms with Gasteiger partial charge in [0, 0.05) is 44.1 Å². The molecule has 0 bridgehead atoms. The molecule has 1 saturated heterocycles. The van der Waals surface area contributed by atoms with Crippen molar-refractivity contribution in [3.63, 3.8) is 0 Å². The maximum atomic E-state index is 11.8. The van der Waals surface area contributed by atoms with E-state index in [2.05, 4.69) is 60.4 Å². The van der Waals surface area contributed by atoms with Gasteiger partial charge in [0.1, 0.15) is 0 Å². The maximum Gasteiger partial charge on any atom is 0.319 e. The lowest BCUT2D eigenvalue weighted by Gasteiger charge is -2.34. The van der Waals surface area contributed by atoms with E-state index < -0.39 is 0 Å². The summed E-state index contributed by atoms with van der Waals surface area (Å²) in [6.45, 7) is 11.2. The van der Waals surface area contributed by atoms with Gasteiger partial charge in [0.15, 0.2) is 0 Å². The van der Waals surface area contributed by atoms with Gasteiger partial charge in [-0.3, -0.25) is 0 Å². The summed E-state index contributed by atoms with van der Waals surface area (Å²) in [5.41, 5.74) is 2.13. The van der Waals surface area contributed by atoms with E-state index in [0.717, 1.165) is 31.9 Å². The van der Waals surface area contributed by atoms with Gasteiger partial charge in [0.05, 0.1) is 0 Å². The number of piperazine rings is 1. The van der Waals surface area contributed by atoms with Crippen molar-refractivity contribution in [2.24, 2.45) is 5.41 Å². The zero-order valence-electron chi connectivity index (χ0n) is 14.1. The molecule has 0 atom stereocenters. The van der Waals surface area contributed by atoms with E-state index in [-0.39, 0.29) is 11.4 Å². The smallest absolute Gasteiger partial charge is 0.319 e. The lowest BCUT2D eigenvalue weighted by molar-refractivity contribution is 0.247. The SMILES string of the molecule is CN1CCN(c2ccc(NC(=O)NCC(C)(C)C)cc2)CC1. The summed E-state index contributed by atoms with van der Waals surface area (Å²) in [6.07, 6.45) is 0. The van der Waals surface area contributed by atoms with Gasteiger partial charge in [-0.1, -0.05) is 20.8 Å². The van der Waals surface area contributed by atoms with Crippen LogP contribution in [0.5, 0.6) is 0 Å². The van der Waals surface area contributed by atoms with Gasteiger partial charge >= 0.3 is 6.03 Å². The molecule has 2 amide bonds. The summed E-state index contributed by atoms with van der Waals surface area (Å²) >= 11 is 0. The molecule has 122 valence electrons. The number of rotatable bonds is 3. The van der Waals surface area contributed by atoms with Crippen molar-refractivity contribution >= 4 is 17.4 Å². The third-order valence-corrected chi connectivity index (χ3v) is 3.77. The van der Waals surface area contributed by atoms with Crippen LogP contribution >= 0.6 is 0 Å².